The maximum atomic E-state index is 14.4. The van der Waals surface area contributed by atoms with Gasteiger partial charge >= 0.3 is 0 Å². The van der Waals surface area contributed by atoms with Crippen molar-refractivity contribution >= 4 is 5.69 Å². The van der Waals surface area contributed by atoms with E-state index in [1.807, 2.05) is 12.1 Å². The first-order valence-electron chi connectivity index (χ1n) is 7.87. The molecule has 1 fully saturated rings. The van der Waals surface area contributed by atoms with Gasteiger partial charge in [-0.1, -0.05) is 13.0 Å². The minimum atomic E-state index is -0.175. The molecule has 2 rings (SSSR count). The summed E-state index contributed by atoms with van der Waals surface area (Å²) in [5.41, 5.74) is 1.51. The van der Waals surface area contributed by atoms with Gasteiger partial charge in [0.2, 0.25) is 0 Å². The molecule has 1 N–H and O–H groups in total. The largest absolute Gasteiger partial charge is 0.377 e. The Balaban J connectivity index is 2.06. The number of anilines is 1. The normalized spacial score (nSPS) is 22.6. The highest BCUT2D eigenvalue weighted by atomic mass is 19.1. The Morgan fingerprint density at radius 2 is 2.24 bits per heavy atom. The highest BCUT2D eigenvalue weighted by Crippen LogP contribution is 2.29. The third-order valence-corrected chi connectivity index (χ3v) is 4.26. The van der Waals surface area contributed by atoms with Crippen LogP contribution < -0.4 is 10.2 Å². The van der Waals surface area contributed by atoms with Gasteiger partial charge in [-0.05, 0) is 50.4 Å². The maximum absolute atomic E-state index is 14.4. The molecule has 0 aliphatic carbocycles. The van der Waals surface area contributed by atoms with E-state index in [4.69, 9.17) is 4.74 Å². The maximum Gasteiger partial charge on any atom is 0.146 e. The van der Waals surface area contributed by atoms with Gasteiger partial charge in [0.1, 0.15) is 5.82 Å². The third kappa shape index (κ3) is 4.17. The number of halogens is 1. The first kappa shape index (κ1) is 16.2. The van der Waals surface area contributed by atoms with E-state index in [0.717, 1.165) is 51.0 Å². The van der Waals surface area contributed by atoms with Gasteiger partial charge in [-0.2, -0.15) is 0 Å². The van der Waals surface area contributed by atoms with E-state index >= 15 is 0 Å². The molecule has 1 aliphatic rings. The first-order chi connectivity index (χ1) is 10.1. The molecule has 1 aromatic rings. The van der Waals surface area contributed by atoms with Crippen LogP contribution in [0.4, 0.5) is 10.1 Å². The second kappa shape index (κ2) is 7.23. The van der Waals surface area contributed by atoms with Gasteiger partial charge in [-0.3, -0.25) is 0 Å². The number of rotatable bonds is 6. The van der Waals surface area contributed by atoms with E-state index in [0.29, 0.717) is 5.69 Å². The highest BCUT2D eigenvalue weighted by Gasteiger charge is 2.31. The van der Waals surface area contributed by atoms with Crippen LogP contribution in [-0.2, 0) is 11.3 Å². The molecule has 21 heavy (non-hydrogen) atoms. The zero-order valence-corrected chi connectivity index (χ0v) is 13.4. The summed E-state index contributed by atoms with van der Waals surface area (Å²) >= 11 is 0. The molecule has 1 aliphatic heterocycles. The van der Waals surface area contributed by atoms with Crippen LogP contribution in [-0.4, -0.2) is 32.3 Å². The fourth-order valence-corrected chi connectivity index (χ4v) is 2.90. The summed E-state index contributed by atoms with van der Waals surface area (Å²) in [5.74, 6) is -0.133. The van der Waals surface area contributed by atoms with Crippen LogP contribution in [0.25, 0.3) is 0 Å². The molecule has 1 saturated heterocycles. The van der Waals surface area contributed by atoms with Crippen molar-refractivity contribution in [3.05, 3.63) is 29.6 Å². The quantitative estimate of drug-likeness (QED) is 0.815. The van der Waals surface area contributed by atoms with Gasteiger partial charge in [-0.25, -0.2) is 4.39 Å². The average molecular weight is 294 g/mol. The predicted octanol–water partition coefficient (Wildman–Crippen LogP) is 3.33. The van der Waals surface area contributed by atoms with Crippen LogP contribution in [0.1, 0.15) is 38.7 Å². The molecule has 0 aromatic heterocycles. The second-order valence-electron chi connectivity index (χ2n) is 6.14. The van der Waals surface area contributed by atoms with Gasteiger partial charge in [-0.15, -0.1) is 0 Å². The van der Waals surface area contributed by atoms with Crippen molar-refractivity contribution in [1.82, 2.24) is 5.32 Å². The zero-order chi connectivity index (χ0) is 15.3. The lowest BCUT2D eigenvalue weighted by Gasteiger charge is -2.40. The first-order valence-corrected chi connectivity index (χ1v) is 7.87. The van der Waals surface area contributed by atoms with Gasteiger partial charge in [0.25, 0.3) is 0 Å². The molecule has 0 spiro atoms. The van der Waals surface area contributed by atoms with Gasteiger partial charge in [0.15, 0.2) is 0 Å². The van der Waals surface area contributed by atoms with Crippen LogP contribution in [0.5, 0.6) is 0 Å². The number of benzene rings is 1. The van der Waals surface area contributed by atoms with Crippen molar-refractivity contribution in [2.24, 2.45) is 0 Å². The van der Waals surface area contributed by atoms with E-state index in [9.17, 15) is 4.39 Å². The number of nitrogens with one attached hydrogen (secondary N) is 1. The summed E-state index contributed by atoms with van der Waals surface area (Å²) in [6.45, 7) is 7.54. The molecule has 0 saturated carbocycles. The second-order valence-corrected chi connectivity index (χ2v) is 6.14. The van der Waals surface area contributed by atoms with Gasteiger partial charge in [0.05, 0.1) is 11.3 Å². The molecule has 0 amide bonds. The fourth-order valence-electron chi connectivity index (χ4n) is 2.90. The van der Waals surface area contributed by atoms with Crippen LogP contribution in [0.15, 0.2) is 18.2 Å². The molecular formula is C17H27FN2O. The Morgan fingerprint density at radius 1 is 1.43 bits per heavy atom. The average Bonchev–Trinajstić information content (AvgIpc) is 2.48. The number of nitrogens with zero attached hydrogens (tertiary/aromatic N) is 1. The van der Waals surface area contributed by atoms with Crippen LogP contribution in [0.3, 0.4) is 0 Å². The van der Waals surface area contributed by atoms with E-state index in [1.54, 1.807) is 13.2 Å². The van der Waals surface area contributed by atoms with E-state index in [1.165, 1.54) is 0 Å². The molecule has 118 valence electrons. The molecule has 1 heterocycles. The summed E-state index contributed by atoms with van der Waals surface area (Å²) in [4.78, 5) is 2.10. The number of hydrogen-bond acceptors (Lipinski definition) is 3. The Morgan fingerprint density at radius 3 is 2.90 bits per heavy atom. The lowest BCUT2D eigenvalue weighted by Crippen LogP contribution is -2.47. The van der Waals surface area contributed by atoms with Crippen LogP contribution in [0.2, 0.25) is 0 Å². The number of piperidine rings is 1. The molecule has 3 nitrogen and oxygen atoms in total. The van der Waals surface area contributed by atoms with Gasteiger partial charge < -0.3 is 15.0 Å². The Bertz CT molecular complexity index is 466. The minimum Gasteiger partial charge on any atom is -0.377 e. The summed E-state index contributed by atoms with van der Waals surface area (Å²) in [6, 6.07) is 5.57. The van der Waals surface area contributed by atoms with Crippen molar-refractivity contribution in [3.63, 3.8) is 0 Å². The van der Waals surface area contributed by atoms with Gasteiger partial charge in [0, 0.05) is 26.7 Å². The predicted molar refractivity (Wildman–Crippen MR) is 85.3 cm³/mol. The zero-order valence-electron chi connectivity index (χ0n) is 13.4. The number of hydrogen-bond donors (Lipinski definition) is 1. The Hall–Kier alpha value is -1.13. The SMILES string of the molecule is CCCNCc1ccc(N2CCCC(C)(OC)C2)c(F)c1. The van der Waals surface area contributed by atoms with Crippen molar-refractivity contribution in [3.8, 4) is 0 Å². The van der Waals surface area contributed by atoms with Crippen molar-refractivity contribution in [2.45, 2.75) is 45.3 Å². The summed E-state index contributed by atoms with van der Waals surface area (Å²) in [7, 11) is 1.74. The van der Waals surface area contributed by atoms with Crippen molar-refractivity contribution in [1.29, 1.82) is 0 Å². The van der Waals surface area contributed by atoms with E-state index in [2.05, 4.69) is 24.1 Å². The minimum absolute atomic E-state index is 0.133. The summed E-state index contributed by atoms with van der Waals surface area (Å²) in [6.07, 6.45) is 3.15. The summed E-state index contributed by atoms with van der Waals surface area (Å²) < 4.78 is 20.0. The molecule has 1 atom stereocenters. The Kier molecular flexibility index (Phi) is 5.59. The summed E-state index contributed by atoms with van der Waals surface area (Å²) in [5, 5.41) is 3.30. The molecule has 1 unspecified atom stereocenters. The lowest BCUT2D eigenvalue weighted by molar-refractivity contribution is -0.00476. The van der Waals surface area contributed by atoms with E-state index < -0.39 is 0 Å². The standard InChI is InChI=1S/C17H27FN2O/c1-4-9-19-12-14-6-7-16(15(18)11-14)20-10-5-8-17(2,13-20)21-3/h6-7,11,19H,4-5,8-10,12-13H2,1-3H3. The van der Waals surface area contributed by atoms with Crippen LogP contribution >= 0.6 is 0 Å². The fraction of sp³-hybridized carbons (Fsp3) is 0.647. The van der Waals surface area contributed by atoms with Crippen LogP contribution in [0, 0.1) is 5.82 Å². The molecule has 4 heteroatoms. The van der Waals surface area contributed by atoms with Crippen molar-refractivity contribution < 1.29 is 9.13 Å². The third-order valence-electron chi connectivity index (χ3n) is 4.26. The topological polar surface area (TPSA) is 24.5 Å². The molecule has 1 aromatic carbocycles. The monoisotopic (exact) mass is 294 g/mol. The lowest BCUT2D eigenvalue weighted by atomic mass is 9.94. The smallest absolute Gasteiger partial charge is 0.146 e. The number of ether oxygens (including phenoxy) is 1. The van der Waals surface area contributed by atoms with E-state index in [-0.39, 0.29) is 11.4 Å². The highest BCUT2D eigenvalue weighted by molar-refractivity contribution is 5.50. The van der Waals surface area contributed by atoms with Crippen molar-refractivity contribution in [2.75, 3.05) is 31.6 Å². The Labute approximate surface area is 127 Å². The molecule has 0 bridgehead atoms. The number of methoxy groups -OCH3 is 1. The molecule has 0 radical (unpaired) electrons. The molecular weight excluding hydrogens is 267 g/mol.